The lowest BCUT2D eigenvalue weighted by Gasteiger charge is -2.61. The molecule has 4 fully saturated rings. The molecule has 8 nitrogen and oxygen atoms in total. The number of amides is 1. The molecular formula is C26H45NO7S. The van der Waals surface area contributed by atoms with Gasteiger partial charge in [-0.1, -0.05) is 33.6 Å². The van der Waals surface area contributed by atoms with Crippen LogP contribution >= 0.6 is 0 Å². The predicted octanol–water partition coefficient (Wildman–Crippen LogP) is 2.72. The third-order valence-electron chi connectivity index (χ3n) is 11.2. The van der Waals surface area contributed by atoms with Crippen LogP contribution < -0.4 is 5.32 Å². The second kappa shape index (κ2) is 9.53. The summed E-state index contributed by atoms with van der Waals surface area (Å²) in [4.78, 5) is 12.4. The van der Waals surface area contributed by atoms with Gasteiger partial charge in [0.2, 0.25) is 0 Å². The summed E-state index contributed by atoms with van der Waals surface area (Å²) < 4.78 is 30.6. The smallest absolute Gasteiger partial charge is 0.282 e. The van der Waals surface area contributed by atoms with E-state index in [9.17, 15) is 28.5 Å². The number of rotatable bonds is 7. The number of aliphatic hydroxyl groups excluding tert-OH is 1. The van der Waals surface area contributed by atoms with Crippen LogP contribution in [0.25, 0.3) is 0 Å². The first kappa shape index (κ1) is 27.3. The zero-order valence-electron chi connectivity index (χ0n) is 21.4. The zero-order valence-corrected chi connectivity index (χ0v) is 22.3. The summed E-state index contributed by atoms with van der Waals surface area (Å²) in [6.45, 7) is 6.17. The molecule has 0 aromatic rings. The lowest BCUT2D eigenvalue weighted by atomic mass is 9.44. The Morgan fingerprint density at radius 2 is 1.69 bits per heavy atom. The van der Waals surface area contributed by atoms with Gasteiger partial charge in [0.05, 0.1) is 5.75 Å². The molecular weight excluding hydrogens is 470 g/mol. The first-order chi connectivity index (χ1) is 16.2. The van der Waals surface area contributed by atoms with Gasteiger partial charge in [0.15, 0.2) is 0 Å². The molecule has 4 aliphatic carbocycles. The molecule has 4 rings (SSSR count). The van der Waals surface area contributed by atoms with Crippen molar-refractivity contribution in [2.24, 2.45) is 46.3 Å². The van der Waals surface area contributed by atoms with Crippen molar-refractivity contribution in [2.75, 3.05) is 12.3 Å². The monoisotopic (exact) mass is 515 g/mol. The van der Waals surface area contributed by atoms with Crippen molar-refractivity contribution in [1.29, 1.82) is 0 Å². The van der Waals surface area contributed by atoms with Crippen molar-refractivity contribution in [3.05, 3.63) is 0 Å². The van der Waals surface area contributed by atoms with Crippen LogP contribution in [0.2, 0.25) is 0 Å². The minimum Gasteiger partial charge on any atom is -0.387 e. The minimum atomic E-state index is -4.30. The van der Waals surface area contributed by atoms with Crippen molar-refractivity contribution >= 4 is 16.0 Å². The number of hydrogen-bond donors (Lipinski definition) is 5. The maximum Gasteiger partial charge on any atom is 0.282 e. The summed E-state index contributed by atoms with van der Waals surface area (Å²) in [5, 5.41) is 34.1. The number of carbonyl (C=O) groups excluding carboxylic acids is 1. The second-order valence-electron chi connectivity index (χ2n) is 12.7. The van der Waals surface area contributed by atoms with E-state index in [1.807, 2.05) is 0 Å². The van der Waals surface area contributed by atoms with Crippen LogP contribution in [0, 0.1) is 46.3 Å². The topological polar surface area (TPSA) is 144 Å². The molecule has 0 radical (unpaired) electrons. The normalized spacial score (nSPS) is 41.3. The second-order valence-corrected chi connectivity index (χ2v) is 14.3. The Morgan fingerprint density at radius 3 is 2.37 bits per heavy atom. The Morgan fingerprint density at radius 1 is 1.00 bits per heavy atom. The number of hydrogen-bond acceptors (Lipinski definition) is 6. The summed E-state index contributed by atoms with van der Waals surface area (Å²) in [5.74, 6) is -2.67. The third kappa shape index (κ3) is 4.80. The van der Waals surface area contributed by atoms with Gasteiger partial charge in [-0.05, 0) is 97.7 Å². The van der Waals surface area contributed by atoms with Gasteiger partial charge in [0, 0.05) is 6.54 Å². The Balaban J connectivity index is 1.45. The minimum absolute atomic E-state index is 0.0169. The van der Waals surface area contributed by atoms with Crippen LogP contribution in [-0.2, 0) is 14.9 Å². The number of nitrogens with one attached hydrogen (secondary N) is 1. The Kier molecular flexibility index (Phi) is 7.43. The summed E-state index contributed by atoms with van der Waals surface area (Å²) in [6.07, 6.45) is 10.5. The maximum absolute atomic E-state index is 12.4. The van der Waals surface area contributed by atoms with E-state index >= 15 is 0 Å². The fraction of sp³-hybridized carbons (Fsp3) is 0.962. The molecule has 0 heterocycles. The standard InChI is InChI=1S/C26H45NO7S/c1-16(22(28)26(30,31)23(29)27-14-15-35(32,33)34)19-9-10-20-18-8-7-17-6-4-5-12-24(17,2)21(18)11-13-25(19,20)3/h16-22,28,30-31H,4-15H2,1-3H3,(H,27,29)(H,32,33,34)/t16-,17-,18-,19+,20-,21-,22?,24-,25+/m0/s1. The van der Waals surface area contributed by atoms with Crippen LogP contribution in [0.15, 0.2) is 0 Å². The van der Waals surface area contributed by atoms with E-state index in [0.717, 1.165) is 31.1 Å². The summed E-state index contributed by atoms with van der Waals surface area (Å²) >= 11 is 0. The van der Waals surface area contributed by atoms with Crippen molar-refractivity contribution < 1.29 is 33.1 Å². The van der Waals surface area contributed by atoms with E-state index in [1.165, 1.54) is 44.9 Å². The zero-order chi connectivity index (χ0) is 25.8. The van der Waals surface area contributed by atoms with Gasteiger partial charge in [-0.2, -0.15) is 8.42 Å². The lowest BCUT2D eigenvalue weighted by Crippen LogP contribution is -2.59. The van der Waals surface area contributed by atoms with Crippen LogP contribution in [-0.4, -0.2) is 58.4 Å². The molecule has 0 saturated heterocycles. The van der Waals surface area contributed by atoms with E-state index in [1.54, 1.807) is 6.92 Å². The van der Waals surface area contributed by atoms with Crippen LogP contribution in [0.5, 0.6) is 0 Å². The number of carbonyl (C=O) groups is 1. The molecule has 35 heavy (non-hydrogen) atoms. The molecule has 202 valence electrons. The van der Waals surface area contributed by atoms with Crippen molar-refractivity contribution in [3.8, 4) is 0 Å². The molecule has 9 heteroatoms. The Bertz CT molecular complexity index is 907. The molecule has 4 saturated carbocycles. The van der Waals surface area contributed by atoms with Crippen LogP contribution in [0.3, 0.4) is 0 Å². The molecule has 0 aromatic heterocycles. The van der Waals surface area contributed by atoms with Gasteiger partial charge in [-0.3, -0.25) is 9.35 Å². The van der Waals surface area contributed by atoms with E-state index < -0.39 is 46.1 Å². The predicted molar refractivity (Wildman–Crippen MR) is 132 cm³/mol. The summed E-state index contributed by atoms with van der Waals surface area (Å²) in [7, 11) is -4.30. The lowest BCUT2D eigenvalue weighted by molar-refractivity contribution is -0.237. The molecule has 1 amide bonds. The highest BCUT2D eigenvalue weighted by Crippen LogP contribution is 2.68. The SMILES string of the molecule is C[C@H](C(O)C(O)(O)C(=O)NCCS(=O)(=O)O)[C@H]1CC[C@H]2[C@@H]3CC[C@@H]4CCCC[C@]4(C)[C@H]3CC[C@]12C. The summed E-state index contributed by atoms with van der Waals surface area (Å²) in [5.41, 5.74) is 0.425. The van der Waals surface area contributed by atoms with E-state index in [4.69, 9.17) is 4.55 Å². The molecule has 0 bridgehead atoms. The molecule has 0 spiro atoms. The van der Waals surface area contributed by atoms with Gasteiger partial charge in [0.25, 0.3) is 21.8 Å². The first-order valence-corrected chi connectivity index (χ1v) is 15.2. The van der Waals surface area contributed by atoms with Crippen LogP contribution in [0.1, 0.15) is 85.0 Å². The van der Waals surface area contributed by atoms with Crippen LogP contribution in [0.4, 0.5) is 0 Å². The van der Waals surface area contributed by atoms with E-state index in [2.05, 4.69) is 19.2 Å². The van der Waals surface area contributed by atoms with Crippen molar-refractivity contribution in [2.45, 2.75) is 96.9 Å². The van der Waals surface area contributed by atoms with Gasteiger partial charge >= 0.3 is 0 Å². The van der Waals surface area contributed by atoms with E-state index in [-0.39, 0.29) is 11.3 Å². The average molecular weight is 516 g/mol. The highest BCUT2D eigenvalue weighted by Gasteiger charge is 2.61. The largest absolute Gasteiger partial charge is 0.387 e. The molecule has 0 aliphatic heterocycles. The van der Waals surface area contributed by atoms with Crippen molar-refractivity contribution in [1.82, 2.24) is 5.32 Å². The molecule has 0 aromatic carbocycles. The van der Waals surface area contributed by atoms with Gasteiger partial charge in [0.1, 0.15) is 6.10 Å². The molecule has 4 aliphatic rings. The van der Waals surface area contributed by atoms with Gasteiger partial charge in [-0.25, -0.2) is 0 Å². The fourth-order valence-electron chi connectivity index (χ4n) is 9.34. The first-order valence-electron chi connectivity index (χ1n) is 13.6. The number of fused-ring (bicyclic) bond motifs is 5. The van der Waals surface area contributed by atoms with Gasteiger partial charge < -0.3 is 20.6 Å². The Labute approximate surface area is 210 Å². The van der Waals surface area contributed by atoms with E-state index in [0.29, 0.717) is 17.3 Å². The molecule has 9 atom stereocenters. The molecule has 1 unspecified atom stereocenters. The highest BCUT2D eigenvalue weighted by atomic mass is 32.2. The fourth-order valence-corrected chi connectivity index (χ4v) is 9.70. The maximum atomic E-state index is 12.4. The number of aliphatic hydroxyl groups is 3. The third-order valence-corrected chi connectivity index (χ3v) is 11.9. The summed E-state index contributed by atoms with van der Waals surface area (Å²) in [6, 6.07) is 0. The average Bonchev–Trinajstić information content (AvgIpc) is 3.13. The molecule has 5 N–H and O–H groups in total. The van der Waals surface area contributed by atoms with Crippen molar-refractivity contribution in [3.63, 3.8) is 0 Å². The Hall–Kier alpha value is -0.740. The van der Waals surface area contributed by atoms with Gasteiger partial charge in [-0.15, -0.1) is 0 Å². The quantitative estimate of drug-likeness (QED) is 0.259. The highest BCUT2D eigenvalue weighted by molar-refractivity contribution is 7.85.